The fourth-order valence-corrected chi connectivity index (χ4v) is 3.66. The highest BCUT2D eigenvalue weighted by atomic mass is 32.1. The Bertz CT molecular complexity index is 383. The highest BCUT2D eigenvalue weighted by Gasteiger charge is 2.36. The molecule has 17 heavy (non-hydrogen) atoms. The number of nitrogens with one attached hydrogen (secondary N) is 1. The van der Waals surface area contributed by atoms with E-state index < -0.39 is 0 Å². The first kappa shape index (κ1) is 11.7. The van der Waals surface area contributed by atoms with Gasteiger partial charge in [0.25, 0.3) is 0 Å². The second-order valence-corrected chi connectivity index (χ2v) is 6.66. The summed E-state index contributed by atoms with van der Waals surface area (Å²) in [7, 11) is 0. The highest BCUT2D eigenvalue weighted by molar-refractivity contribution is 7.10. The Hall–Kier alpha value is -0.380. The Morgan fingerprint density at radius 3 is 2.94 bits per heavy atom. The van der Waals surface area contributed by atoms with Gasteiger partial charge in [-0.3, -0.25) is 4.90 Å². The summed E-state index contributed by atoms with van der Waals surface area (Å²) < 4.78 is 0. The first-order chi connectivity index (χ1) is 8.24. The molecule has 2 aliphatic rings. The van der Waals surface area contributed by atoms with Crippen molar-refractivity contribution in [1.82, 2.24) is 10.2 Å². The number of thiophene rings is 1. The topological polar surface area (TPSA) is 15.3 Å². The quantitative estimate of drug-likeness (QED) is 0.887. The lowest BCUT2D eigenvalue weighted by molar-refractivity contribution is 0.126. The third-order valence-corrected chi connectivity index (χ3v) is 5.24. The summed E-state index contributed by atoms with van der Waals surface area (Å²) in [5, 5.41) is 5.93. The van der Waals surface area contributed by atoms with Crippen molar-refractivity contribution in [2.75, 3.05) is 13.1 Å². The molecule has 1 aliphatic heterocycles. The molecule has 2 atom stereocenters. The van der Waals surface area contributed by atoms with Crippen LogP contribution in [0.3, 0.4) is 0 Å². The normalized spacial score (nSPS) is 30.7. The maximum atomic E-state index is 3.72. The molecule has 94 valence electrons. The second-order valence-electron chi connectivity index (χ2n) is 5.66. The zero-order valence-electron chi connectivity index (χ0n) is 10.8. The van der Waals surface area contributed by atoms with Gasteiger partial charge in [0.15, 0.2) is 0 Å². The number of piperazine rings is 1. The van der Waals surface area contributed by atoms with E-state index in [1.807, 2.05) is 11.3 Å². The number of hydrogen-bond donors (Lipinski definition) is 1. The average Bonchev–Trinajstić information content (AvgIpc) is 3.08. The number of rotatable bonds is 3. The molecule has 3 heteroatoms. The molecule has 1 aliphatic carbocycles. The molecule has 2 fully saturated rings. The van der Waals surface area contributed by atoms with Crippen molar-refractivity contribution in [2.24, 2.45) is 5.92 Å². The van der Waals surface area contributed by atoms with Gasteiger partial charge < -0.3 is 5.32 Å². The molecule has 0 spiro atoms. The summed E-state index contributed by atoms with van der Waals surface area (Å²) in [6.45, 7) is 8.13. The summed E-state index contributed by atoms with van der Waals surface area (Å²) in [5.74, 6) is 0.967. The molecule has 1 N–H and O–H groups in total. The minimum absolute atomic E-state index is 0.673. The monoisotopic (exact) mass is 250 g/mol. The summed E-state index contributed by atoms with van der Waals surface area (Å²) in [6, 6.07) is 3.67. The van der Waals surface area contributed by atoms with Gasteiger partial charge in [0.1, 0.15) is 0 Å². The molecule has 2 heterocycles. The fourth-order valence-electron chi connectivity index (χ4n) is 2.73. The van der Waals surface area contributed by atoms with Gasteiger partial charge in [0.2, 0.25) is 0 Å². The number of nitrogens with zero attached hydrogens (tertiary/aromatic N) is 1. The molecular weight excluding hydrogens is 228 g/mol. The van der Waals surface area contributed by atoms with Gasteiger partial charge in [-0.2, -0.15) is 0 Å². The van der Waals surface area contributed by atoms with E-state index in [9.17, 15) is 0 Å². The van der Waals surface area contributed by atoms with E-state index in [1.165, 1.54) is 24.9 Å². The van der Waals surface area contributed by atoms with Crippen LogP contribution in [0.4, 0.5) is 0 Å². The molecule has 0 amide bonds. The van der Waals surface area contributed by atoms with Crippen molar-refractivity contribution in [3.05, 3.63) is 21.9 Å². The van der Waals surface area contributed by atoms with Crippen molar-refractivity contribution in [2.45, 2.75) is 45.3 Å². The van der Waals surface area contributed by atoms with Gasteiger partial charge in [-0.25, -0.2) is 0 Å². The van der Waals surface area contributed by atoms with E-state index in [4.69, 9.17) is 0 Å². The molecule has 2 unspecified atom stereocenters. The Morgan fingerprint density at radius 1 is 1.47 bits per heavy atom. The highest BCUT2D eigenvalue weighted by Crippen LogP contribution is 2.34. The summed E-state index contributed by atoms with van der Waals surface area (Å²) in [5.41, 5.74) is 1.46. The summed E-state index contributed by atoms with van der Waals surface area (Å²) >= 11 is 1.91. The van der Waals surface area contributed by atoms with Crippen molar-refractivity contribution in [1.29, 1.82) is 0 Å². The van der Waals surface area contributed by atoms with Crippen molar-refractivity contribution in [3.63, 3.8) is 0 Å². The molecule has 0 radical (unpaired) electrons. The Balaban J connectivity index is 1.65. The standard InChI is InChI=1S/C14H22N2S/c1-10-5-6-17-14(10)9-16-8-13(12-3-4-12)15-7-11(16)2/h5-6,11-13,15H,3-4,7-9H2,1-2H3. The number of aryl methyl sites for hydroxylation is 1. The van der Waals surface area contributed by atoms with Crippen molar-refractivity contribution in [3.8, 4) is 0 Å². The van der Waals surface area contributed by atoms with Crippen LogP contribution >= 0.6 is 11.3 Å². The smallest absolute Gasteiger partial charge is 0.0334 e. The largest absolute Gasteiger partial charge is 0.311 e. The van der Waals surface area contributed by atoms with Crippen LogP contribution in [0.5, 0.6) is 0 Å². The first-order valence-corrected chi connectivity index (χ1v) is 7.62. The Labute approximate surface area is 108 Å². The number of hydrogen-bond acceptors (Lipinski definition) is 3. The summed E-state index contributed by atoms with van der Waals surface area (Å²) in [6.07, 6.45) is 2.88. The van der Waals surface area contributed by atoms with Crippen LogP contribution in [-0.2, 0) is 6.54 Å². The van der Waals surface area contributed by atoms with Crippen molar-refractivity contribution >= 4 is 11.3 Å². The van der Waals surface area contributed by atoms with Crippen molar-refractivity contribution < 1.29 is 0 Å². The molecule has 2 nitrogen and oxygen atoms in total. The average molecular weight is 250 g/mol. The van der Waals surface area contributed by atoms with Crippen LogP contribution in [0.1, 0.15) is 30.2 Å². The fraction of sp³-hybridized carbons (Fsp3) is 0.714. The van der Waals surface area contributed by atoms with E-state index in [0.717, 1.165) is 25.0 Å². The zero-order valence-corrected chi connectivity index (χ0v) is 11.6. The molecule has 0 aromatic carbocycles. The van der Waals surface area contributed by atoms with Gasteiger partial charge >= 0.3 is 0 Å². The van der Waals surface area contributed by atoms with Gasteiger partial charge in [-0.1, -0.05) is 0 Å². The Morgan fingerprint density at radius 2 is 2.29 bits per heavy atom. The molecule has 1 aromatic rings. The Kier molecular flexibility index (Phi) is 3.24. The predicted molar refractivity (Wildman–Crippen MR) is 73.4 cm³/mol. The summed E-state index contributed by atoms with van der Waals surface area (Å²) in [4.78, 5) is 4.21. The van der Waals surface area contributed by atoms with Crippen LogP contribution in [-0.4, -0.2) is 30.1 Å². The minimum Gasteiger partial charge on any atom is -0.311 e. The SMILES string of the molecule is Cc1ccsc1CN1CC(C2CC2)NCC1C. The van der Waals surface area contributed by atoms with Crippen LogP contribution in [0, 0.1) is 12.8 Å². The van der Waals surface area contributed by atoms with Gasteiger partial charge in [-0.15, -0.1) is 11.3 Å². The minimum atomic E-state index is 0.673. The second kappa shape index (κ2) is 4.71. The van der Waals surface area contributed by atoms with Gasteiger partial charge in [0, 0.05) is 36.6 Å². The lowest BCUT2D eigenvalue weighted by atomic mass is 10.1. The molecule has 1 saturated carbocycles. The molecule has 1 aromatic heterocycles. The van der Waals surface area contributed by atoms with E-state index in [-0.39, 0.29) is 0 Å². The van der Waals surface area contributed by atoms with Crippen LogP contribution in [0.15, 0.2) is 11.4 Å². The lowest BCUT2D eigenvalue weighted by Crippen LogP contribution is -2.55. The zero-order chi connectivity index (χ0) is 11.8. The maximum absolute atomic E-state index is 3.72. The third-order valence-electron chi connectivity index (χ3n) is 4.24. The predicted octanol–water partition coefficient (Wildman–Crippen LogP) is 2.63. The van der Waals surface area contributed by atoms with Crippen LogP contribution in [0.2, 0.25) is 0 Å². The lowest BCUT2D eigenvalue weighted by Gasteiger charge is -2.39. The first-order valence-electron chi connectivity index (χ1n) is 6.74. The van der Waals surface area contributed by atoms with E-state index in [0.29, 0.717) is 6.04 Å². The van der Waals surface area contributed by atoms with Gasteiger partial charge in [-0.05, 0) is 49.6 Å². The van der Waals surface area contributed by atoms with E-state index in [1.54, 1.807) is 4.88 Å². The molecular formula is C14H22N2S. The van der Waals surface area contributed by atoms with Crippen LogP contribution < -0.4 is 5.32 Å². The molecule has 0 bridgehead atoms. The van der Waals surface area contributed by atoms with E-state index >= 15 is 0 Å². The maximum Gasteiger partial charge on any atom is 0.0334 e. The van der Waals surface area contributed by atoms with Gasteiger partial charge in [0.05, 0.1) is 0 Å². The molecule has 1 saturated heterocycles. The molecule has 3 rings (SSSR count). The van der Waals surface area contributed by atoms with Crippen LogP contribution in [0.25, 0.3) is 0 Å². The van der Waals surface area contributed by atoms with E-state index in [2.05, 4.69) is 35.5 Å². The third kappa shape index (κ3) is 2.56.